The van der Waals surface area contributed by atoms with Crippen molar-refractivity contribution in [3.05, 3.63) is 70.8 Å². The van der Waals surface area contributed by atoms with Crippen LogP contribution in [0, 0.1) is 13.8 Å². The van der Waals surface area contributed by atoms with Gasteiger partial charge in [-0.1, -0.05) is 61.0 Å². The fourth-order valence-electron chi connectivity index (χ4n) is 2.66. The second-order valence-corrected chi connectivity index (χ2v) is 5.66. The molecule has 0 amide bonds. The molecular weight excluding hydrogens is 252 g/mol. The molecule has 2 unspecified atom stereocenters. The molecule has 0 aromatic heterocycles. The Balaban J connectivity index is 2.33. The first-order valence-corrected chi connectivity index (χ1v) is 7.33. The van der Waals surface area contributed by atoms with Gasteiger partial charge in [-0.3, -0.25) is 0 Å². The SMILES string of the molecule is CCC(c1ccccc1)C(Cl)c1ccc(C)cc1C. The average Bonchev–Trinajstić information content (AvgIpc) is 2.40. The molecule has 0 aliphatic rings. The Hall–Kier alpha value is -1.27. The summed E-state index contributed by atoms with van der Waals surface area (Å²) < 4.78 is 0. The van der Waals surface area contributed by atoms with E-state index in [0.29, 0.717) is 5.92 Å². The van der Waals surface area contributed by atoms with E-state index in [2.05, 4.69) is 69.3 Å². The Morgan fingerprint density at radius 2 is 1.68 bits per heavy atom. The Bertz CT molecular complexity index is 531. The topological polar surface area (TPSA) is 0 Å². The normalized spacial score (nSPS) is 14.1. The van der Waals surface area contributed by atoms with Crippen LogP contribution in [-0.2, 0) is 0 Å². The molecule has 0 heterocycles. The van der Waals surface area contributed by atoms with Gasteiger partial charge in [-0.15, -0.1) is 11.6 Å². The van der Waals surface area contributed by atoms with Crippen molar-refractivity contribution in [2.75, 3.05) is 0 Å². The zero-order valence-corrected chi connectivity index (χ0v) is 12.6. The van der Waals surface area contributed by atoms with Crippen LogP contribution in [0.25, 0.3) is 0 Å². The molecule has 0 nitrogen and oxygen atoms in total. The molecular formula is C18H21Cl. The molecule has 0 saturated heterocycles. The Morgan fingerprint density at radius 1 is 1.00 bits per heavy atom. The maximum absolute atomic E-state index is 6.76. The summed E-state index contributed by atoms with van der Waals surface area (Å²) in [6.07, 6.45) is 1.05. The van der Waals surface area contributed by atoms with Crippen molar-refractivity contribution < 1.29 is 0 Å². The van der Waals surface area contributed by atoms with Gasteiger partial charge < -0.3 is 0 Å². The molecule has 0 spiro atoms. The highest BCUT2D eigenvalue weighted by atomic mass is 35.5. The number of rotatable bonds is 4. The molecule has 0 saturated carbocycles. The van der Waals surface area contributed by atoms with Crippen LogP contribution in [-0.4, -0.2) is 0 Å². The lowest BCUT2D eigenvalue weighted by atomic mass is 9.87. The van der Waals surface area contributed by atoms with Gasteiger partial charge in [0.1, 0.15) is 0 Å². The van der Waals surface area contributed by atoms with E-state index >= 15 is 0 Å². The summed E-state index contributed by atoms with van der Waals surface area (Å²) in [5.41, 5.74) is 5.15. The van der Waals surface area contributed by atoms with Gasteiger partial charge in [0, 0.05) is 5.92 Å². The molecule has 0 N–H and O–H groups in total. The van der Waals surface area contributed by atoms with E-state index in [0.717, 1.165) is 6.42 Å². The number of hydrogen-bond acceptors (Lipinski definition) is 0. The first-order valence-electron chi connectivity index (χ1n) is 6.89. The van der Waals surface area contributed by atoms with E-state index in [1.807, 2.05) is 0 Å². The minimum atomic E-state index is 0.0352. The molecule has 0 aliphatic carbocycles. The first kappa shape index (κ1) is 14.1. The van der Waals surface area contributed by atoms with Crippen LogP contribution in [0.4, 0.5) is 0 Å². The molecule has 2 aromatic rings. The van der Waals surface area contributed by atoms with Crippen molar-refractivity contribution in [2.45, 2.75) is 38.5 Å². The Kier molecular flexibility index (Phi) is 4.66. The smallest absolute Gasteiger partial charge is 0.0656 e. The van der Waals surface area contributed by atoms with E-state index in [4.69, 9.17) is 11.6 Å². The molecule has 19 heavy (non-hydrogen) atoms. The Labute approximate surface area is 121 Å². The lowest BCUT2D eigenvalue weighted by molar-refractivity contribution is 0.638. The van der Waals surface area contributed by atoms with E-state index < -0.39 is 0 Å². The summed E-state index contributed by atoms with van der Waals surface area (Å²) in [4.78, 5) is 0. The lowest BCUT2D eigenvalue weighted by Crippen LogP contribution is -2.07. The molecule has 1 heteroatoms. The molecule has 0 radical (unpaired) electrons. The molecule has 0 fully saturated rings. The second kappa shape index (κ2) is 6.25. The molecule has 100 valence electrons. The highest BCUT2D eigenvalue weighted by Crippen LogP contribution is 2.39. The van der Waals surface area contributed by atoms with E-state index in [9.17, 15) is 0 Å². The summed E-state index contributed by atoms with van der Waals surface area (Å²) in [6.45, 7) is 6.47. The monoisotopic (exact) mass is 272 g/mol. The van der Waals surface area contributed by atoms with E-state index in [-0.39, 0.29) is 5.38 Å². The fourth-order valence-corrected chi connectivity index (χ4v) is 3.23. The number of hydrogen-bond donors (Lipinski definition) is 0. The predicted octanol–water partition coefficient (Wildman–Crippen LogP) is 5.78. The van der Waals surface area contributed by atoms with Crippen LogP contribution in [0.3, 0.4) is 0 Å². The van der Waals surface area contributed by atoms with Gasteiger partial charge in [0.05, 0.1) is 5.38 Å². The van der Waals surface area contributed by atoms with Crippen LogP contribution >= 0.6 is 11.6 Å². The largest absolute Gasteiger partial charge is 0.117 e. The maximum atomic E-state index is 6.76. The van der Waals surface area contributed by atoms with Crippen LogP contribution in [0.5, 0.6) is 0 Å². The number of benzene rings is 2. The summed E-state index contributed by atoms with van der Waals surface area (Å²) in [7, 11) is 0. The van der Waals surface area contributed by atoms with Gasteiger partial charge in [-0.05, 0) is 37.0 Å². The molecule has 0 bridgehead atoms. The van der Waals surface area contributed by atoms with Crippen molar-refractivity contribution >= 4 is 11.6 Å². The third-order valence-corrected chi connectivity index (χ3v) is 4.28. The quantitative estimate of drug-likeness (QED) is 0.619. The second-order valence-electron chi connectivity index (χ2n) is 5.19. The van der Waals surface area contributed by atoms with Gasteiger partial charge in [0.15, 0.2) is 0 Å². The highest BCUT2D eigenvalue weighted by Gasteiger charge is 2.22. The summed E-state index contributed by atoms with van der Waals surface area (Å²) >= 11 is 6.76. The molecule has 2 rings (SSSR count). The minimum Gasteiger partial charge on any atom is -0.117 e. The first-order chi connectivity index (χ1) is 9.13. The number of alkyl halides is 1. The van der Waals surface area contributed by atoms with Crippen LogP contribution < -0.4 is 0 Å². The molecule has 0 aliphatic heterocycles. The van der Waals surface area contributed by atoms with E-state index in [1.54, 1.807) is 0 Å². The van der Waals surface area contributed by atoms with Gasteiger partial charge in [0.2, 0.25) is 0 Å². The Morgan fingerprint density at radius 3 is 2.26 bits per heavy atom. The maximum Gasteiger partial charge on any atom is 0.0656 e. The van der Waals surface area contributed by atoms with Gasteiger partial charge in [-0.25, -0.2) is 0 Å². The standard InChI is InChI=1S/C18H21Cl/c1-4-16(15-8-6-5-7-9-15)18(19)17-11-10-13(2)12-14(17)3/h5-12,16,18H,4H2,1-3H3. The van der Waals surface area contributed by atoms with Crippen molar-refractivity contribution in [3.8, 4) is 0 Å². The molecule has 2 aromatic carbocycles. The summed E-state index contributed by atoms with van der Waals surface area (Å²) in [5, 5.41) is 0.0352. The van der Waals surface area contributed by atoms with Crippen LogP contribution in [0.15, 0.2) is 48.5 Å². The summed E-state index contributed by atoms with van der Waals surface area (Å²) in [5.74, 6) is 0.365. The predicted molar refractivity (Wildman–Crippen MR) is 84.0 cm³/mol. The van der Waals surface area contributed by atoms with Crippen molar-refractivity contribution in [2.24, 2.45) is 0 Å². The van der Waals surface area contributed by atoms with Crippen molar-refractivity contribution in [3.63, 3.8) is 0 Å². The number of halogens is 1. The van der Waals surface area contributed by atoms with Crippen molar-refractivity contribution in [1.29, 1.82) is 0 Å². The van der Waals surface area contributed by atoms with Crippen LogP contribution in [0.2, 0.25) is 0 Å². The minimum absolute atomic E-state index is 0.0352. The zero-order valence-electron chi connectivity index (χ0n) is 11.9. The average molecular weight is 273 g/mol. The van der Waals surface area contributed by atoms with Gasteiger partial charge in [-0.2, -0.15) is 0 Å². The lowest BCUT2D eigenvalue weighted by Gasteiger charge is -2.23. The van der Waals surface area contributed by atoms with Gasteiger partial charge in [0.25, 0.3) is 0 Å². The number of aryl methyl sites for hydroxylation is 2. The highest BCUT2D eigenvalue weighted by molar-refractivity contribution is 6.21. The van der Waals surface area contributed by atoms with Crippen LogP contribution in [0.1, 0.15) is 46.9 Å². The van der Waals surface area contributed by atoms with Crippen molar-refractivity contribution in [1.82, 2.24) is 0 Å². The van der Waals surface area contributed by atoms with Gasteiger partial charge >= 0.3 is 0 Å². The zero-order chi connectivity index (χ0) is 13.8. The third kappa shape index (κ3) is 3.19. The summed E-state index contributed by atoms with van der Waals surface area (Å²) in [6, 6.07) is 17.1. The molecule has 2 atom stereocenters. The fraction of sp³-hybridized carbons (Fsp3) is 0.333. The van der Waals surface area contributed by atoms with E-state index in [1.165, 1.54) is 22.3 Å². The third-order valence-electron chi connectivity index (χ3n) is 3.74.